The molecular formula is C25H36O3Si. The minimum Gasteiger partial charge on any atom is -0.405 e. The van der Waals surface area contributed by atoms with Gasteiger partial charge in [0.15, 0.2) is 0 Å². The van der Waals surface area contributed by atoms with E-state index in [2.05, 4.69) is 81.4 Å². The summed E-state index contributed by atoms with van der Waals surface area (Å²) in [6.07, 6.45) is 5.40. The van der Waals surface area contributed by atoms with Gasteiger partial charge < -0.3 is 14.3 Å². The predicted molar refractivity (Wildman–Crippen MR) is 122 cm³/mol. The molecule has 2 aromatic carbocycles. The fourth-order valence-electron chi connectivity index (χ4n) is 4.57. The molecule has 29 heavy (non-hydrogen) atoms. The molecule has 1 heterocycles. The lowest BCUT2D eigenvalue weighted by Crippen LogP contribution is -2.67. The van der Waals surface area contributed by atoms with Crippen LogP contribution in [0, 0.1) is 0 Å². The molecule has 0 amide bonds. The zero-order valence-electron chi connectivity index (χ0n) is 18.1. The average molecular weight is 413 g/mol. The molecule has 4 heteroatoms. The van der Waals surface area contributed by atoms with E-state index in [0.29, 0.717) is 6.61 Å². The fourth-order valence-corrected chi connectivity index (χ4v) is 9.16. The summed E-state index contributed by atoms with van der Waals surface area (Å²) < 4.78 is 13.3. The molecule has 0 aromatic heterocycles. The molecule has 0 spiro atoms. The Morgan fingerprint density at radius 1 is 0.862 bits per heavy atom. The number of aliphatic hydroxyl groups is 1. The Labute approximate surface area is 177 Å². The molecule has 158 valence electrons. The van der Waals surface area contributed by atoms with E-state index in [0.717, 1.165) is 25.7 Å². The highest BCUT2D eigenvalue weighted by molar-refractivity contribution is 6.99. The third kappa shape index (κ3) is 5.18. The summed E-state index contributed by atoms with van der Waals surface area (Å²) in [6.45, 7) is 7.57. The predicted octanol–water partition coefficient (Wildman–Crippen LogP) is 4.27. The SMILES string of the molecule is CC(C)(C)[Si](OC[C@@H]1CCCCC[C@H](CO)O1)(c1ccccc1)c1ccccc1. The summed E-state index contributed by atoms with van der Waals surface area (Å²) in [6, 6.07) is 21.5. The van der Waals surface area contributed by atoms with Crippen LogP contribution in [-0.2, 0) is 9.16 Å². The van der Waals surface area contributed by atoms with Gasteiger partial charge in [0.05, 0.1) is 25.4 Å². The van der Waals surface area contributed by atoms with Crippen LogP contribution in [-0.4, -0.2) is 38.8 Å². The first-order chi connectivity index (χ1) is 14.0. The first-order valence-corrected chi connectivity index (χ1v) is 12.9. The lowest BCUT2D eigenvalue weighted by Gasteiger charge is -2.44. The molecule has 2 atom stereocenters. The standard InChI is InChI=1S/C25H36O3Si/c1-25(2,3)29(23-15-9-5-10-16-23,24-17-11-6-12-18-24)27-20-22-14-8-4-7-13-21(19-26)28-22/h5-6,9-12,15-18,21-22,26H,4,7-8,13-14,19-20H2,1-3H3/t21-,22+/m1/s1. The van der Waals surface area contributed by atoms with Crippen LogP contribution in [0.4, 0.5) is 0 Å². The van der Waals surface area contributed by atoms with Gasteiger partial charge in [0, 0.05) is 0 Å². The Kier molecular flexibility index (Phi) is 7.69. The molecule has 1 fully saturated rings. The van der Waals surface area contributed by atoms with E-state index in [-0.39, 0.29) is 23.9 Å². The zero-order valence-corrected chi connectivity index (χ0v) is 19.1. The summed E-state index contributed by atoms with van der Waals surface area (Å²) in [5, 5.41) is 12.2. The summed E-state index contributed by atoms with van der Waals surface area (Å²) >= 11 is 0. The van der Waals surface area contributed by atoms with Gasteiger partial charge in [0.1, 0.15) is 0 Å². The molecule has 0 bridgehead atoms. The van der Waals surface area contributed by atoms with E-state index in [1.54, 1.807) is 0 Å². The van der Waals surface area contributed by atoms with Gasteiger partial charge in [-0.2, -0.15) is 0 Å². The van der Waals surface area contributed by atoms with Gasteiger partial charge in [-0.1, -0.05) is 101 Å². The van der Waals surface area contributed by atoms with Crippen LogP contribution >= 0.6 is 0 Å². The van der Waals surface area contributed by atoms with E-state index in [9.17, 15) is 5.11 Å². The molecule has 1 saturated heterocycles. The first kappa shape index (κ1) is 22.2. The fraction of sp³-hybridized carbons (Fsp3) is 0.520. The molecule has 1 aliphatic rings. The van der Waals surface area contributed by atoms with Crippen molar-refractivity contribution in [2.24, 2.45) is 0 Å². The summed E-state index contributed by atoms with van der Waals surface area (Å²) in [7, 11) is -2.54. The summed E-state index contributed by atoms with van der Waals surface area (Å²) in [5.74, 6) is 0. The van der Waals surface area contributed by atoms with E-state index in [4.69, 9.17) is 9.16 Å². The molecule has 1 aliphatic heterocycles. The number of aliphatic hydroxyl groups excluding tert-OH is 1. The topological polar surface area (TPSA) is 38.7 Å². The van der Waals surface area contributed by atoms with Gasteiger partial charge in [0.25, 0.3) is 8.32 Å². The molecule has 0 saturated carbocycles. The van der Waals surface area contributed by atoms with Gasteiger partial charge in [-0.15, -0.1) is 0 Å². The third-order valence-corrected chi connectivity index (χ3v) is 11.0. The van der Waals surface area contributed by atoms with Crippen molar-refractivity contribution in [3.05, 3.63) is 60.7 Å². The van der Waals surface area contributed by atoms with E-state index >= 15 is 0 Å². The Hall–Kier alpha value is -1.46. The van der Waals surface area contributed by atoms with E-state index in [1.807, 2.05) is 0 Å². The maximum absolute atomic E-state index is 9.68. The molecule has 3 rings (SSSR count). The smallest absolute Gasteiger partial charge is 0.261 e. The van der Waals surface area contributed by atoms with E-state index < -0.39 is 8.32 Å². The lowest BCUT2D eigenvalue weighted by molar-refractivity contribution is -0.0703. The quantitative estimate of drug-likeness (QED) is 0.720. The van der Waals surface area contributed by atoms with Gasteiger partial charge in [-0.25, -0.2) is 0 Å². The minimum atomic E-state index is -2.54. The molecule has 0 radical (unpaired) electrons. The van der Waals surface area contributed by atoms with Gasteiger partial charge >= 0.3 is 0 Å². The van der Waals surface area contributed by atoms with Gasteiger partial charge in [-0.05, 0) is 28.3 Å². The summed E-state index contributed by atoms with van der Waals surface area (Å²) in [5.41, 5.74) is 0. The minimum absolute atomic E-state index is 0.0340. The Balaban J connectivity index is 1.95. The first-order valence-electron chi connectivity index (χ1n) is 11.0. The van der Waals surface area contributed by atoms with Crippen molar-refractivity contribution in [3.63, 3.8) is 0 Å². The summed E-state index contributed by atoms with van der Waals surface area (Å²) in [4.78, 5) is 0. The van der Waals surface area contributed by atoms with Crippen LogP contribution in [0.15, 0.2) is 60.7 Å². The average Bonchev–Trinajstić information content (AvgIpc) is 2.70. The van der Waals surface area contributed by atoms with Crippen LogP contribution in [0.2, 0.25) is 5.04 Å². The Morgan fingerprint density at radius 2 is 1.38 bits per heavy atom. The molecule has 0 unspecified atom stereocenters. The van der Waals surface area contributed by atoms with Crippen molar-refractivity contribution < 1.29 is 14.3 Å². The van der Waals surface area contributed by atoms with Crippen molar-refractivity contribution in [1.82, 2.24) is 0 Å². The molecule has 3 nitrogen and oxygen atoms in total. The van der Waals surface area contributed by atoms with Crippen LogP contribution < -0.4 is 10.4 Å². The monoisotopic (exact) mass is 412 g/mol. The van der Waals surface area contributed by atoms with Crippen LogP contribution in [0.25, 0.3) is 0 Å². The van der Waals surface area contributed by atoms with Crippen molar-refractivity contribution >= 4 is 18.7 Å². The number of ether oxygens (including phenoxy) is 1. The van der Waals surface area contributed by atoms with Crippen LogP contribution in [0.1, 0.15) is 52.9 Å². The normalized spacial score (nSPS) is 21.4. The second-order valence-corrected chi connectivity index (χ2v) is 13.5. The molecule has 2 aromatic rings. The number of hydrogen-bond acceptors (Lipinski definition) is 3. The van der Waals surface area contributed by atoms with Crippen LogP contribution in [0.3, 0.4) is 0 Å². The molecule has 1 N–H and O–H groups in total. The van der Waals surface area contributed by atoms with Crippen molar-refractivity contribution in [2.45, 2.75) is 70.1 Å². The third-order valence-electron chi connectivity index (χ3n) is 6.04. The Morgan fingerprint density at radius 3 is 1.86 bits per heavy atom. The molecule has 0 aliphatic carbocycles. The maximum atomic E-state index is 9.68. The van der Waals surface area contributed by atoms with Gasteiger partial charge in [-0.3, -0.25) is 0 Å². The number of rotatable bonds is 6. The van der Waals surface area contributed by atoms with Crippen LogP contribution in [0.5, 0.6) is 0 Å². The number of hydrogen-bond donors (Lipinski definition) is 1. The second kappa shape index (κ2) is 10.0. The van der Waals surface area contributed by atoms with Gasteiger partial charge in [0.2, 0.25) is 0 Å². The molecular weight excluding hydrogens is 376 g/mol. The van der Waals surface area contributed by atoms with Crippen molar-refractivity contribution in [2.75, 3.05) is 13.2 Å². The lowest BCUT2D eigenvalue weighted by atomic mass is 10.0. The highest BCUT2D eigenvalue weighted by Crippen LogP contribution is 2.37. The number of benzene rings is 2. The van der Waals surface area contributed by atoms with Crippen molar-refractivity contribution in [1.29, 1.82) is 0 Å². The maximum Gasteiger partial charge on any atom is 0.261 e. The van der Waals surface area contributed by atoms with Crippen molar-refractivity contribution in [3.8, 4) is 0 Å². The van der Waals surface area contributed by atoms with E-state index in [1.165, 1.54) is 16.8 Å². The largest absolute Gasteiger partial charge is 0.405 e. The highest BCUT2D eigenvalue weighted by Gasteiger charge is 2.50. The Bertz CT molecular complexity index is 687. The zero-order chi connectivity index (χ0) is 20.7. The highest BCUT2D eigenvalue weighted by atomic mass is 28.4. The second-order valence-electron chi connectivity index (χ2n) is 9.17.